The van der Waals surface area contributed by atoms with E-state index in [1.807, 2.05) is 47.4 Å². The molecule has 5 nitrogen and oxygen atoms in total. The van der Waals surface area contributed by atoms with Crippen LogP contribution in [0.5, 0.6) is 5.75 Å². The molecule has 1 heterocycles. The van der Waals surface area contributed by atoms with Gasteiger partial charge in [-0.1, -0.05) is 55.3 Å². The summed E-state index contributed by atoms with van der Waals surface area (Å²) in [4.78, 5) is 30.3. The lowest BCUT2D eigenvalue weighted by molar-refractivity contribution is -0.158. The van der Waals surface area contributed by atoms with E-state index < -0.39 is 6.04 Å². The molecule has 1 saturated carbocycles. The van der Waals surface area contributed by atoms with Gasteiger partial charge in [0.15, 0.2) is 0 Å². The molecule has 0 radical (unpaired) electrons. The Morgan fingerprint density at radius 3 is 2.31 bits per heavy atom. The average Bonchev–Trinajstić information content (AvgIpc) is 3.29. The van der Waals surface area contributed by atoms with Crippen molar-refractivity contribution in [1.29, 1.82) is 0 Å². The lowest BCUT2D eigenvalue weighted by Crippen LogP contribution is -2.58. The van der Waals surface area contributed by atoms with Crippen LogP contribution in [-0.2, 0) is 16.0 Å². The van der Waals surface area contributed by atoms with Crippen LogP contribution in [0.4, 0.5) is 0 Å². The van der Waals surface area contributed by atoms with Crippen molar-refractivity contribution in [3.8, 4) is 5.75 Å². The molecule has 2 aromatic rings. The van der Waals surface area contributed by atoms with Gasteiger partial charge in [0.05, 0.1) is 13.7 Å². The van der Waals surface area contributed by atoms with E-state index in [1.54, 1.807) is 12.0 Å². The summed E-state index contributed by atoms with van der Waals surface area (Å²) >= 11 is 0. The minimum absolute atomic E-state index is 0.0256. The van der Waals surface area contributed by atoms with Crippen LogP contribution in [0, 0.1) is 0 Å². The van der Waals surface area contributed by atoms with Crippen molar-refractivity contribution in [3.05, 3.63) is 65.7 Å². The van der Waals surface area contributed by atoms with Crippen LogP contribution in [-0.4, -0.2) is 47.9 Å². The zero-order valence-electron chi connectivity index (χ0n) is 16.9. The van der Waals surface area contributed by atoms with Gasteiger partial charge in [-0.2, -0.15) is 0 Å². The maximum absolute atomic E-state index is 13.5. The van der Waals surface area contributed by atoms with Crippen molar-refractivity contribution in [2.75, 3.05) is 20.2 Å². The number of rotatable bonds is 6. The molecule has 2 fully saturated rings. The van der Waals surface area contributed by atoms with Gasteiger partial charge in [-0.05, 0) is 42.5 Å². The number of amides is 2. The highest BCUT2D eigenvalue weighted by Gasteiger charge is 2.43. The second-order valence-electron chi connectivity index (χ2n) is 7.91. The summed E-state index contributed by atoms with van der Waals surface area (Å²) in [6.07, 6.45) is 4.95. The zero-order valence-corrected chi connectivity index (χ0v) is 16.9. The fourth-order valence-corrected chi connectivity index (χ4v) is 4.54. The Balaban J connectivity index is 1.59. The first-order chi connectivity index (χ1) is 14.2. The third kappa shape index (κ3) is 4.14. The Bertz CT molecular complexity index is 844. The van der Waals surface area contributed by atoms with Gasteiger partial charge in [-0.15, -0.1) is 0 Å². The SMILES string of the molecule is COc1ccc([C@H]2C(=O)N(CCc3ccccc3)CC(=O)N2C2CCCC2)cc1. The van der Waals surface area contributed by atoms with E-state index in [4.69, 9.17) is 4.74 Å². The summed E-state index contributed by atoms with van der Waals surface area (Å²) in [6.45, 7) is 0.731. The quantitative estimate of drug-likeness (QED) is 0.755. The minimum atomic E-state index is -0.541. The van der Waals surface area contributed by atoms with E-state index >= 15 is 0 Å². The topological polar surface area (TPSA) is 49.9 Å². The molecular weight excluding hydrogens is 364 g/mol. The fourth-order valence-electron chi connectivity index (χ4n) is 4.54. The molecule has 5 heteroatoms. The summed E-state index contributed by atoms with van der Waals surface area (Å²) in [7, 11) is 1.63. The van der Waals surface area contributed by atoms with Gasteiger partial charge >= 0.3 is 0 Å². The van der Waals surface area contributed by atoms with E-state index in [9.17, 15) is 9.59 Å². The number of carbonyl (C=O) groups excluding carboxylic acids is 2. The normalized spacial score (nSPS) is 20.4. The first-order valence-electron chi connectivity index (χ1n) is 10.4. The number of ether oxygens (including phenoxy) is 1. The summed E-state index contributed by atoms with van der Waals surface area (Å²) < 4.78 is 5.26. The predicted molar refractivity (Wildman–Crippen MR) is 112 cm³/mol. The van der Waals surface area contributed by atoms with Crippen LogP contribution in [0.15, 0.2) is 54.6 Å². The molecule has 2 aliphatic rings. The van der Waals surface area contributed by atoms with E-state index in [2.05, 4.69) is 12.1 Å². The zero-order chi connectivity index (χ0) is 20.2. The number of nitrogens with zero attached hydrogens (tertiary/aromatic N) is 2. The van der Waals surface area contributed by atoms with Gasteiger partial charge in [0, 0.05) is 12.6 Å². The molecule has 0 unspecified atom stereocenters. The molecule has 2 aromatic carbocycles. The average molecular weight is 392 g/mol. The first-order valence-corrected chi connectivity index (χ1v) is 10.4. The second kappa shape index (κ2) is 8.68. The maximum Gasteiger partial charge on any atom is 0.250 e. The van der Waals surface area contributed by atoms with Gasteiger partial charge in [0.1, 0.15) is 11.8 Å². The number of hydrogen-bond donors (Lipinski definition) is 0. The minimum Gasteiger partial charge on any atom is -0.497 e. The number of carbonyl (C=O) groups is 2. The van der Waals surface area contributed by atoms with Gasteiger partial charge in [-0.3, -0.25) is 9.59 Å². The molecule has 0 bridgehead atoms. The molecule has 0 aromatic heterocycles. The number of piperazine rings is 1. The van der Waals surface area contributed by atoms with Crippen molar-refractivity contribution in [1.82, 2.24) is 9.80 Å². The third-order valence-corrected chi connectivity index (χ3v) is 6.10. The lowest BCUT2D eigenvalue weighted by Gasteiger charge is -2.43. The highest BCUT2D eigenvalue weighted by atomic mass is 16.5. The largest absolute Gasteiger partial charge is 0.497 e. The molecule has 1 aliphatic carbocycles. The standard InChI is InChI=1S/C24H28N2O3/c1-29-21-13-11-19(12-14-21)23-24(28)25(16-15-18-7-3-2-4-8-18)17-22(27)26(23)20-9-5-6-10-20/h2-4,7-8,11-14,20,23H,5-6,9-10,15-17H2,1H3/t23-/m0/s1. The molecule has 1 aliphatic heterocycles. The molecule has 0 spiro atoms. The van der Waals surface area contributed by atoms with Gasteiger partial charge in [0.25, 0.3) is 5.91 Å². The second-order valence-corrected chi connectivity index (χ2v) is 7.91. The molecule has 1 atom stereocenters. The maximum atomic E-state index is 13.5. The Morgan fingerprint density at radius 2 is 1.66 bits per heavy atom. The molecule has 0 N–H and O–H groups in total. The van der Waals surface area contributed by atoms with E-state index in [0.29, 0.717) is 6.54 Å². The van der Waals surface area contributed by atoms with Crippen molar-refractivity contribution in [3.63, 3.8) is 0 Å². The third-order valence-electron chi connectivity index (χ3n) is 6.10. The van der Waals surface area contributed by atoms with E-state index in [0.717, 1.165) is 43.4 Å². The Morgan fingerprint density at radius 1 is 0.966 bits per heavy atom. The van der Waals surface area contributed by atoms with Crippen LogP contribution in [0.1, 0.15) is 42.9 Å². The summed E-state index contributed by atoms with van der Waals surface area (Å²) in [6, 6.07) is 17.3. The summed E-state index contributed by atoms with van der Waals surface area (Å²) in [5.41, 5.74) is 2.03. The van der Waals surface area contributed by atoms with Gasteiger partial charge < -0.3 is 14.5 Å². The highest BCUT2D eigenvalue weighted by molar-refractivity contribution is 5.95. The van der Waals surface area contributed by atoms with Crippen LogP contribution in [0.2, 0.25) is 0 Å². The smallest absolute Gasteiger partial charge is 0.250 e. The summed E-state index contributed by atoms with van der Waals surface area (Å²) in [5.74, 6) is 0.833. The van der Waals surface area contributed by atoms with Crippen molar-refractivity contribution in [2.45, 2.75) is 44.2 Å². The molecular formula is C24H28N2O3. The molecule has 4 rings (SSSR count). The van der Waals surface area contributed by atoms with Crippen molar-refractivity contribution >= 4 is 11.8 Å². The fraction of sp³-hybridized carbons (Fsp3) is 0.417. The number of methoxy groups -OCH3 is 1. The highest BCUT2D eigenvalue weighted by Crippen LogP contribution is 2.35. The summed E-state index contributed by atoms with van der Waals surface area (Å²) in [5, 5.41) is 0. The van der Waals surface area contributed by atoms with E-state index in [1.165, 1.54) is 5.56 Å². The molecule has 1 saturated heterocycles. The van der Waals surface area contributed by atoms with E-state index in [-0.39, 0.29) is 24.4 Å². The van der Waals surface area contributed by atoms with Crippen LogP contribution in [0.25, 0.3) is 0 Å². The lowest BCUT2D eigenvalue weighted by atomic mass is 9.97. The first kappa shape index (κ1) is 19.5. The molecule has 152 valence electrons. The van der Waals surface area contributed by atoms with Gasteiger partial charge in [0.2, 0.25) is 5.91 Å². The predicted octanol–water partition coefficient (Wildman–Crippen LogP) is 3.59. The monoisotopic (exact) mass is 392 g/mol. The molecule has 2 amide bonds. The van der Waals surface area contributed by atoms with Crippen LogP contribution in [0.3, 0.4) is 0 Å². The number of hydrogen-bond acceptors (Lipinski definition) is 3. The van der Waals surface area contributed by atoms with Gasteiger partial charge in [-0.25, -0.2) is 0 Å². The van der Waals surface area contributed by atoms with Crippen molar-refractivity contribution < 1.29 is 14.3 Å². The Hall–Kier alpha value is -2.82. The van der Waals surface area contributed by atoms with Crippen LogP contribution >= 0.6 is 0 Å². The molecule has 29 heavy (non-hydrogen) atoms. The number of benzene rings is 2. The Labute approximate surface area is 172 Å². The Kier molecular flexibility index (Phi) is 5.84. The van der Waals surface area contributed by atoms with Crippen LogP contribution < -0.4 is 4.74 Å². The van der Waals surface area contributed by atoms with Crippen molar-refractivity contribution in [2.24, 2.45) is 0 Å².